The summed E-state index contributed by atoms with van der Waals surface area (Å²) in [7, 11) is 0. The van der Waals surface area contributed by atoms with Crippen molar-refractivity contribution in [3.05, 3.63) is 41.1 Å². The van der Waals surface area contributed by atoms with Gasteiger partial charge in [-0.15, -0.1) is 0 Å². The zero-order valence-electron chi connectivity index (χ0n) is 18.2. The number of nitrogens with zero attached hydrogens (tertiary/aromatic N) is 2. The van der Waals surface area contributed by atoms with E-state index in [-0.39, 0.29) is 5.56 Å². The average molecular weight is 435 g/mol. The van der Waals surface area contributed by atoms with Gasteiger partial charge in [0, 0.05) is 42.1 Å². The topological polar surface area (TPSA) is 53.7 Å². The number of halogens is 2. The van der Waals surface area contributed by atoms with E-state index < -0.39 is 18.4 Å². The molecule has 0 saturated carbocycles. The van der Waals surface area contributed by atoms with Gasteiger partial charge in [-0.05, 0) is 38.2 Å². The molecule has 1 aromatic rings. The summed E-state index contributed by atoms with van der Waals surface area (Å²) >= 11 is 1.14. The van der Waals surface area contributed by atoms with Gasteiger partial charge in [-0.1, -0.05) is 50.2 Å². The van der Waals surface area contributed by atoms with Crippen LogP contribution in [0.25, 0.3) is 0 Å². The average Bonchev–Trinajstić information content (AvgIpc) is 2.65. The van der Waals surface area contributed by atoms with Gasteiger partial charge in [0.1, 0.15) is 10.9 Å². The number of hydrogen-bond donors (Lipinski definition) is 2. The molecule has 1 fully saturated rings. The van der Waals surface area contributed by atoms with Crippen molar-refractivity contribution >= 4 is 17.6 Å². The van der Waals surface area contributed by atoms with E-state index in [4.69, 9.17) is 12.2 Å². The summed E-state index contributed by atoms with van der Waals surface area (Å²) in [6.07, 6.45) is 8.82. The molecule has 1 unspecified atom stereocenters. The van der Waals surface area contributed by atoms with Gasteiger partial charge in [-0.3, -0.25) is 0 Å². The molecule has 4 nitrogen and oxygen atoms in total. The van der Waals surface area contributed by atoms with E-state index in [1.165, 1.54) is 6.07 Å². The summed E-state index contributed by atoms with van der Waals surface area (Å²) in [6.45, 7) is 9.99. The van der Waals surface area contributed by atoms with Crippen molar-refractivity contribution in [2.24, 2.45) is 16.1 Å². The molecule has 3 N–H and O–H groups in total. The molecule has 1 saturated heterocycles. The fourth-order valence-corrected chi connectivity index (χ4v) is 4.24. The van der Waals surface area contributed by atoms with Gasteiger partial charge in [0.2, 0.25) is 0 Å². The normalized spacial score (nSPS) is 18.7. The lowest BCUT2D eigenvalue weighted by atomic mass is 9.83. The van der Waals surface area contributed by atoms with E-state index in [9.17, 15) is 8.78 Å². The Kier molecular flexibility index (Phi) is 8.34. The van der Waals surface area contributed by atoms with Crippen LogP contribution in [0.15, 0.2) is 45.4 Å². The maximum Gasteiger partial charge on any atom is 0.275 e. The number of aliphatic imine (C=N–C) groups is 1. The Morgan fingerprint density at radius 1 is 1.40 bits per heavy atom. The summed E-state index contributed by atoms with van der Waals surface area (Å²) in [5, 5.41) is 3.29. The largest absolute Gasteiger partial charge is 0.360 e. The molecule has 1 atom stereocenters. The first-order valence-corrected chi connectivity index (χ1v) is 11.0. The number of nitrogens with two attached hydrogens (primary N) is 1. The highest BCUT2D eigenvalue weighted by Crippen LogP contribution is 2.40. The first-order valence-electron chi connectivity index (χ1n) is 10.2. The van der Waals surface area contributed by atoms with Gasteiger partial charge in [0.05, 0.1) is 6.20 Å². The van der Waals surface area contributed by atoms with Crippen molar-refractivity contribution in [2.45, 2.75) is 63.8 Å². The molecule has 30 heavy (non-hydrogen) atoms. The van der Waals surface area contributed by atoms with E-state index in [1.54, 1.807) is 31.3 Å². The van der Waals surface area contributed by atoms with Crippen LogP contribution in [0, 0.1) is 17.9 Å². The minimum absolute atomic E-state index is 0.0593. The Morgan fingerprint density at radius 2 is 2.03 bits per heavy atom. The third-order valence-electron chi connectivity index (χ3n) is 5.22. The van der Waals surface area contributed by atoms with E-state index in [0.29, 0.717) is 15.3 Å². The number of alkyl halides is 2. The Labute approximate surface area is 183 Å². The molecule has 164 valence electrons. The van der Waals surface area contributed by atoms with E-state index in [1.807, 2.05) is 6.92 Å². The predicted molar refractivity (Wildman–Crippen MR) is 122 cm³/mol. The van der Waals surface area contributed by atoms with Crippen molar-refractivity contribution in [2.75, 3.05) is 13.1 Å². The number of hydrogen-bond acceptors (Lipinski definition) is 4. The van der Waals surface area contributed by atoms with Crippen molar-refractivity contribution in [1.82, 2.24) is 10.2 Å². The molecule has 1 aromatic carbocycles. The van der Waals surface area contributed by atoms with Crippen molar-refractivity contribution < 1.29 is 8.78 Å². The summed E-state index contributed by atoms with van der Waals surface area (Å²) in [5.74, 6) is -2.14. The van der Waals surface area contributed by atoms with Crippen molar-refractivity contribution in [1.29, 1.82) is 0 Å². The van der Waals surface area contributed by atoms with Crippen molar-refractivity contribution in [3.8, 4) is 12.5 Å². The Hall–Kier alpha value is -2.04. The standard InChI is InChI=1S/C23H32F2N4S/c1-6-27-21(16-28-18(3)29-13-11-22(4,5)12-14-29)30-20-10-8-7-9-19(20)23(24,25)15-17(2)26/h1,7-10,16-17,27H,11-15,26H2,2-5H3/b21-16+,28-18?. The summed E-state index contributed by atoms with van der Waals surface area (Å²) in [4.78, 5) is 7.21. The first kappa shape index (κ1) is 24.2. The molecule has 0 aliphatic carbocycles. The Bertz CT molecular complexity index is 815. The van der Waals surface area contributed by atoms with E-state index in [0.717, 1.165) is 43.5 Å². The Morgan fingerprint density at radius 3 is 2.63 bits per heavy atom. The Balaban J connectivity index is 2.21. The minimum atomic E-state index is -3.03. The van der Waals surface area contributed by atoms with E-state index >= 15 is 0 Å². The number of thioether (sulfide) groups is 1. The SMILES string of the molecule is C#CN/C(=C\N=C(C)N1CCC(C)(C)CC1)Sc1ccccc1C(F)(F)CC(C)N. The van der Waals surface area contributed by atoms with Crippen LogP contribution in [0.3, 0.4) is 0 Å². The molecule has 0 spiro atoms. The van der Waals surface area contributed by atoms with Crippen LogP contribution in [-0.4, -0.2) is 29.9 Å². The maximum absolute atomic E-state index is 14.7. The molecule has 1 aliphatic heterocycles. The highest BCUT2D eigenvalue weighted by Gasteiger charge is 2.35. The highest BCUT2D eigenvalue weighted by atomic mass is 32.2. The number of piperidine rings is 1. The van der Waals surface area contributed by atoms with Crippen LogP contribution >= 0.6 is 11.8 Å². The zero-order valence-corrected chi connectivity index (χ0v) is 19.0. The lowest BCUT2D eigenvalue weighted by molar-refractivity contribution is -0.0207. The molecule has 2 rings (SSSR count). The highest BCUT2D eigenvalue weighted by molar-refractivity contribution is 8.03. The molecular formula is C23H32F2N4S. The quantitative estimate of drug-likeness (QED) is 0.205. The molecule has 1 aliphatic rings. The van der Waals surface area contributed by atoms with Gasteiger partial charge in [-0.2, -0.15) is 0 Å². The lowest BCUT2D eigenvalue weighted by Gasteiger charge is -2.37. The second-order valence-corrected chi connectivity index (χ2v) is 9.66. The third kappa shape index (κ3) is 7.03. The zero-order chi connectivity index (χ0) is 22.4. The second-order valence-electron chi connectivity index (χ2n) is 8.57. The van der Waals surface area contributed by atoms with Gasteiger partial charge in [-0.25, -0.2) is 13.8 Å². The van der Waals surface area contributed by atoms with Crippen LogP contribution < -0.4 is 11.1 Å². The monoisotopic (exact) mass is 434 g/mol. The maximum atomic E-state index is 14.7. The second kappa shape index (κ2) is 10.3. The molecule has 0 bridgehead atoms. The lowest BCUT2D eigenvalue weighted by Crippen LogP contribution is -2.40. The fourth-order valence-electron chi connectivity index (χ4n) is 3.32. The number of amidine groups is 1. The van der Waals surface area contributed by atoms with Gasteiger partial charge >= 0.3 is 0 Å². The minimum Gasteiger partial charge on any atom is -0.360 e. The molecule has 0 amide bonds. The predicted octanol–water partition coefficient (Wildman–Crippen LogP) is 5.13. The van der Waals surface area contributed by atoms with Crippen LogP contribution in [0.4, 0.5) is 8.78 Å². The summed E-state index contributed by atoms with van der Waals surface area (Å²) < 4.78 is 29.4. The van der Waals surface area contributed by atoms with Gasteiger partial charge in [0.15, 0.2) is 0 Å². The van der Waals surface area contributed by atoms with Crippen LogP contribution in [0.5, 0.6) is 0 Å². The molecular weight excluding hydrogens is 402 g/mol. The summed E-state index contributed by atoms with van der Waals surface area (Å²) in [5.41, 5.74) is 5.92. The number of nitrogens with one attached hydrogen (secondary N) is 1. The van der Waals surface area contributed by atoms with Gasteiger partial charge in [0.25, 0.3) is 5.92 Å². The number of likely N-dealkylation sites (tertiary alicyclic amines) is 1. The number of benzene rings is 1. The molecule has 7 heteroatoms. The van der Waals surface area contributed by atoms with Crippen LogP contribution in [0.2, 0.25) is 0 Å². The van der Waals surface area contributed by atoms with Crippen molar-refractivity contribution in [3.63, 3.8) is 0 Å². The summed E-state index contributed by atoms with van der Waals surface area (Å²) in [6, 6.07) is 8.17. The molecule has 0 radical (unpaired) electrons. The van der Waals surface area contributed by atoms with Crippen LogP contribution in [0.1, 0.15) is 52.5 Å². The fraction of sp³-hybridized carbons (Fsp3) is 0.522. The van der Waals surface area contributed by atoms with Crippen LogP contribution in [-0.2, 0) is 5.92 Å². The molecule has 1 heterocycles. The third-order valence-corrected chi connectivity index (χ3v) is 6.22. The van der Waals surface area contributed by atoms with E-state index in [2.05, 4.69) is 35.1 Å². The molecule has 0 aromatic heterocycles. The number of terminal acetylenes is 1. The number of rotatable bonds is 7. The first-order chi connectivity index (χ1) is 14.0. The smallest absolute Gasteiger partial charge is 0.275 e. The van der Waals surface area contributed by atoms with Gasteiger partial charge < -0.3 is 16.0 Å².